The van der Waals surface area contributed by atoms with Crippen LogP contribution in [0.5, 0.6) is 5.75 Å². The highest BCUT2D eigenvalue weighted by Gasteiger charge is 2.43. The van der Waals surface area contributed by atoms with Gasteiger partial charge in [-0.3, -0.25) is 9.69 Å². The topological polar surface area (TPSA) is 85.4 Å². The Balaban J connectivity index is 1.75. The van der Waals surface area contributed by atoms with Gasteiger partial charge in [-0.2, -0.15) is 4.31 Å². The normalized spacial score (nSPS) is 24.6. The zero-order chi connectivity index (χ0) is 25.3. The number of carbonyl (C=O) groups excluding carboxylic acids is 1. The molecule has 1 amide bonds. The van der Waals surface area contributed by atoms with Crippen LogP contribution in [-0.4, -0.2) is 98.4 Å². The van der Waals surface area contributed by atoms with E-state index in [2.05, 4.69) is 38.0 Å². The molecular weight excluding hydrogens is 534 g/mol. The van der Waals surface area contributed by atoms with Gasteiger partial charge >= 0.3 is 0 Å². The van der Waals surface area contributed by atoms with E-state index in [1.165, 1.54) is 0 Å². The Hall–Kier alpha value is -1.66. The van der Waals surface area contributed by atoms with Crippen LogP contribution < -0.4 is 10.1 Å². The van der Waals surface area contributed by atoms with Gasteiger partial charge in [0.15, 0.2) is 0 Å². The Morgan fingerprint density at radius 2 is 1.83 bits per heavy atom. The van der Waals surface area contributed by atoms with E-state index in [-0.39, 0.29) is 15.9 Å². The number of sulfonamides is 1. The predicted molar refractivity (Wildman–Crippen MR) is 139 cm³/mol. The van der Waals surface area contributed by atoms with Gasteiger partial charge in [-0.25, -0.2) is 8.42 Å². The number of nitrogens with zero attached hydrogens (tertiary/aromatic N) is 4. The van der Waals surface area contributed by atoms with Crippen molar-refractivity contribution in [3.63, 3.8) is 0 Å². The molecule has 0 radical (unpaired) electrons. The Bertz CT molecular complexity index is 1090. The van der Waals surface area contributed by atoms with Gasteiger partial charge < -0.3 is 19.9 Å². The minimum Gasteiger partial charge on any atom is -0.493 e. The van der Waals surface area contributed by atoms with Gasteiger partial charge in [-0.15, -0.1) is 0 Å². The van der Waals surface area contributed by atoms with Gasteiger partial charge in [0.05, 0.1) is 17.5 Å². The number of likely N-dealkylation sites (N-methyl/N-ethyl adjacent to an activating group) is 2. The third-order valence-corrected chi connectivity index (χ3v) is 9.94. The van der Waals surface area contributed by atoms with Crippen molar-refractivity contribution in [2.45, 2.75) is 42.7 Å². The van der Waals surface area contributed by atoms with E-state index in [0.717, 1.165) is 25.0 Å². The summed E-state index contributed by atoms with van der Waals surface area (Å²) in [6, 6.07) is 4.61. The van der Waals surface area contributed by atoms with Crippen molar-refractivity contribution in [2.75, 3.05) is 60.0 Å². The average Bonchev–Trinajstić information content (AvgIpc) is 3.17. The fourth-order valence-corrected chi connectivity index (χ4v) is 6.95. The minimum atomic E-state index is -3.66. The molecule has 1 N–H and O–H groups in total. The van der Waals surface area contributed by atoms with Gasteiger partial charge in [-0.1, -0.05) is 13.8 Å². The van der Waals surface area contributed by atoms with Crippen molar-refractivity contribution < 1.29 is 17.9 Å². The number of nitrogens with one attached hydrogen (secondary N) is 1. The molecule has 4 rings (SSSR count). The van der Waals surface area contributed by atoms with E-state index in [4.69, 9.17) is 4.74 Å². The van der Waals surface area contributed by atoms with Crippen LogP contribution in [-0.2, 0) is 14.8 Å². The third-order valence-electron chi connectivity index (χ3n) is 6.85. The van der Waals surface area contributed by atoms with Crippen LogP contribution in [0.25, 0.3) is 0 Å². The lowest BCUT2D eigenvalue weighted by Gasteiger charge is -2.40. The summed E-state index contributed by atoms with van der Waals surface area (Å²) in [4.78, 5) is 19.6. The molecule has 2 atom stereocenters. The smallest absolute Gasteiger partial charge is 0.268 e. The number of halogens is 1. The standard InChI is InChI=1S/C24H36BrN5O4S/c1-5-9-29-16-19-21(26-23(31)22(19)28(4)24(29)25)18-15-17(7-8-20(18)34-14-6-2)35(32,33)30-12-10-27(3)11-13-30/h7-8,15,21,24H,5-6,9-14,16H2,1-4H3,(H,26,31). The van der Waals surface area contributed by atoms with Gasteiger partial charge in [0.2, 0.25) is 10.0 Å². The summed E-state index contributed by atoms with van der Waals surface area (Å²) in [5.74, 6) is 0.454. The maximum absolute atomic E-state index is 13.5. The van der Waals surface area contributed by atoms with E-state index in [0.29, 0.717) is 56.3 Å². The van der Waals surface area contributed by atoms with Crippen LogP contribution in [0.1, 0.15) is 38.3 Å². The first kappa shape index (κ1) is 26.4. The maximum Gasteiger partial charge on any atom is 0.268 e. The second-order valence-electron chi connectivity index (χ2n) is 9.43. The van der Waals surface area contributed by atoms with E-state index in [1.54, 1.807) is 22.5 Å². The summed E-state index contributed by atoms with van der Waals surface area (Å²) in [7, 11) is 0.238. The summed E-state index contributed by atoms with van der Waals surface area (Å²) in [6.45, 7) is 8.46. The highest BCUT2D eigenvalue weighted by atomic mass is 79.9. The molecule has 2 unspecified atom stereocenters. The number of amides is 1. The molecule has 3 heterocycles. The molecule has 0 saturated carbocycles. The molecule has 1 aromatic rings. The van der Waals surface area contributed by atoms with Crippen LogP contribution in [0.2, 0.25) is 0 Å². The van der Waals surface area contributed by atoms with Gasteiger partial charge in [0, 0.05) is 51.9 Å². The number of alkyl halides is 1. The van der Waals surface area contributed by atoms with Crippen molar-refractivity contribution in [1.29, 1.82) is 0 Å². The molecule has 3 aliphatic rings. The highest BCUT2D eigenvalue weighted by Crippen LogP contribution is 2.41. The van der Waals surface area contributed by atoms with Crippen LogP contribution in [0.4, 0.5) is 0 Å². The number of rotatable bonds is 8. The highest BCUT2D eigenvalue weighted by molar-refractivity contribution is 9.09. The molecule has 11 heteroatoms. The number of ether oxygens (including phenoxy) is 1. The summed E-state index contributed by atoms with van der Waals surface area (Å²) < 4.78 is 34.6. The van der Waals surface area contributed by atoms with Crippen LogP contribution >= 0.6 is 15.9 Å². The first-order valence-electron chi connectivity index (χ1n) is 12.3. The second kappa shape index (κ2) is 10.8. The largest absolute Gasteiger partial charge is 0.493 e. The number of hydrogen-bond donors (Lipinski definition) is 1. The lowest BCUT2D eigenvalue weighted by atomic mass is 9.97. The molecule has 1 saturated heterocycles. The predicted octanol–water partition coefficient (Wildman–Crippen LogP) is 2.17. The number of benzene rings is 1. The Morgan fingerprint density at radius 3 is 2.49 bits per heavy atom. The number of piperazine rings is 1. The van der Waals surface area contributed by atoms with E-state index >= 15 is 0 Å². The molecule has 0 aliphatic carbocycles. The maximum atomic E-state index is 13.5. The number of hydrogen-bond acceptors (Lipinski definition) is 7. The Labute approximate surface area is 217 Å². The molecule has 0 aromatic heterocycles. The van der Waals surface area contributed by atoms with Crippen LogP contribution in [0.15, 0.2) is 34.4 Å². The molecule has 1 fully saturated rings. The zero-order valence-electron chi connectivity index (χ0n) is 21.0. The first-order valence-corrected chi connectivity index (χ1v) is 14.6. The summed E-state index contributed by atoms with van der Waals surface area (Å²) in [6.07, 6.45) is 1.80. The molecule has 9 nitrogen and oxygen atoms in total. The lowest BCUT2D eigenvalue weighted by Crippen LogP contribution is -2.48. The molecule has 1 aromatic carbocycles. The fourth-order valence-electron chi connectivity index (χ4n) is 4.94. The lowest BCUT2D eigenvalue weighted by molar-refractivity contribution is -0.118. The van der Waals surface area contributed by atoms with E-state index in [9.17, 15) is 13.2 Å². The summed E-state index contributed by atoms with van der Waals surface area (Å²) in [5.41, 5.74) is 2.26. The monoisotopic (exact) mass is 569 g/mol. The third kappa shape index (κ3) is 5.11. The molecule has 35 heavy (non-hydrogen) atoms. The van der Waals surface area contributed by atoms with E-state index < -0.39 is 16.1 Å². The number of carbonyl (C=O) groups is 1. The van der Waals surface area contributed by atoms with Gasteiger partial charge in [0.25, 0.3) is 5.91 Å². The Morgan fingerprint density at radius 1 is 1.11 bits per heavy atom. The first-order chi connectivity index (χ1) is 16.7. The van der Waals surface area contributed by atoms with Crippen LogP contribution in [0, 0.1) is 0 Å². The molecule has 3 aliphatic heterocycles. The summed E-state index contributed by atoms with van der Waals surface area (Å²) in [5, 5.41) is 3.03. The fraction of sp³-hybridized carbons (Fsp3) is 0.625. The van der Waals surface area contributed by atoms with Crippen molar-refractivity contribution in [1.82, 2.24) is 24.3 Å². The van der Waals surface area contributed by atoms with Gasteiger partial charge in [-0.05, 0) is 59.6 Å². The Kier molecular flexibility index (Phi) is 8.12. The molecule has 194 valence electrons. The van der Waals surface area contributed by atoms with Crippen molar-refractivity contribution >= 4 is 31.9 Å². The average molecular weight is 571 g/mol. The molecule has 0 bridgehead atoms. The van der Waals surface area contributed by atoms with Crippen molar-refractivity contribution in [2.24, 2.45) is 0 Å². The van der Waals surface area contributed by atoms with Crippen molar-refractivity contribution in [3.05, 3.63) is 35.0 Å². The zero-order valence-corrected chi connectivity index (χ0v) is 23.4. The van der Waals surface area contributed by atoms with Gasteiger partial charge in [0.1, 0.15) is 16.5 Å². The minimum absolute atomic E-state index is 0.0783. The summed E-state index contributed by atoms with van der Waals surface area (Å²) >= 11 is 3.72. The molecule has 0 spiro atoms. The van der Waals surface area contributed by atoms with Crippen LogP contribution in [0.3, 0.4) is 0 Å². The SMILES string of the molecule is CCCOc1ccc(S(=O)(=O)N2CCN(C)CC2)cc1C1NC(=O)C2=C1CN(CCC)C(Br)N2C. The molecular formula is C24H36BrN5O4S. The van der Waals surface area contributed by atoms with Crippen molar-refractivity contribution in [3.8, 4) is 5.75 Å². The van der Waals surface area contributed by atoms with E-state index in [1.807, 2.05) is 25.9 Å². The second-order valence-corrected chi connectivity index (χ2v) is 12.2. The quantitative estimate of drug-likeness (QED) is 0.379.